The van der Waals surface area contributed by atoms with E-state index in [0.717, 1.165) is 5.56 Å². The average Bonchev–Trinajstić information content (AvgIpc) is 2.96. The largest absolute Gasteiger partial charge is 0.506 e. The van der Waals surface area contributed by atoms with Crippen molar-refractivity contribution in [2.45, 2.75) is 0 Å². The molecule has 6 heteroatoms. The summed E-state index contributed by atoms with van der Waals surface area (Å²) >= 11 is 5.80. The number of halogens is 1. The van der Waals surface area contributed by atoms with Crippen molar-refractivity contribution in [1.29, 1.82) is 0 Å². The fraction of sp³-hybridized carbons (Fsp3) is 0. The number of nitrogens with zero attached hydrogens (tertiary/aromatic N) is 1. The molecule has 22 heavy (non-hydrogen) atoms. The Morgan fingerprint density at radius 1 is 1.14 bits per heavy atom. The standard InChI is InChI=1S/C16H10ClNO4/c17-12-2-1-10(7-13(12)19)14-11(8-22-15(14)16(20)21)9-3-5-18-6-4-9/h1-8,19H,(H,20,21). The monoisotopic (exact) mass is 315 g/mol. The van der Waals surface area contributed by atoms with E-state index in [1.807, 2.05) is 0 Å². The lowest BCUT2D eigenvalue weighted by Crippen LogP contribution is -1.96. The maximum Gasteiger partial charge on any atom is 0.372 e. The zero-order valence-corrected chi connectivity index (χ0v) is 11.9. The van der Waals surface area contributed by atoms with Gasteiger partial charge in [0.05, 0.1) is 5.02 Å². The van der Waals surface area contributed by atoms with Gasteiger partial charge in [0, 0.05) is 23.5 Å². The van der Waals surface area contributed by atoms with Gasteiger partial charge in [0.15, 0.2) is 0 Å². The van der Waals surface area contributed by atoms with E-state index >= 15 is 0 Å². The van der Waals surface area contributed by atoms with E-state index in [-0.39, 0.29) is 16.5 Å². The van der Waals surface area contributed by atoms with Crippen LogP contribution in [-0.2, 0) is 0 Å². The number of furan rings is 1. The van der Waals surface area contributed by atoms with Crippen LogP contribution in [0.15, 0.2) is 53.4 Å². The number of rotatable bonds is 3. The minimum Gasteiger partial charge on any atom is -0.506 e. The molecule has 0 atom stereocenters. The molecular formula is C16H10ClNO4. The van der Waals surface area contributed by atoms with E-state index < -0.39 is 5.97 Å². The van der Waals surface area contributed by atoms with Crippen LogP contribution >= 0.6 is 11.6 Å². The lowest BCUT2D eigenvalue weighted by atomic mass is 9.97. The molecule has 2 heterocycles. The van der Waals surface area contributed by atoms with Crippen molar-refractivity contribution in [1.82, 2.24) is 4.98 Å². The maximum absolute atomic E-state index is 11.4. The first-order valence-corrected chi connectivity index (χ1v) is 6.70. The Morgan fingerprint density at radius 2 is 1.86 bits per heavy atom. The van der Waals surface area contributed by atoms with Crippen LogP contribution in [0.1, 0.15) is 10.6 Å². The van der Waals surface area contributed by atoms with Crippen LogP contribution in [0.5, 0.6) is 5.75 Å². The average molecular weight is 316 g/mol. The van der Waals surface area contributed by atoms with E-state index in [4.69, 9.17) is 16.0 Å². The molecule has 1 aromatic carbocycles. The molecule has 0 aliphatic rings. The first-order chi connectivity index (χ1) is 10.6. The number of aromatic nitrogens is 1. The Bertz CT molecular complexity index is 843. The summed E-state index contributed by atoms with van der Waals surface area (Å²) in [5.41, 5.74) is 2.24. The summed E-state index contributed by atoms with van der Waals surface area (Å²) in [5, 5.41) is 19.3. The van der Waals surface area contributed by atoms with Crippen LogP contribution < -0.4 is 0 Å². The smallest absolute Gasteiger partial charge is 0.372 e. The Morgan fingerprint density at radius 3 is 2.50 bits per heavy atom. The van der Waals surface area contributed by atoms with Gasteiger partial charge in [-0.2, -0.15) is 0 Å². The lowest BCUT2D eigenvalue weighted by Gasteiger charge is -2.06. The highest BCUT2D eigenvalue weighted by molar-refractivity contribution is 6.32. The number of benzene rings is 1. The SMILES string of the molecule is O=C(O)c1occ(-c2ccncc2)c1-c1ccc(Cl)c(O)c1. The van der Waals surface area contributed by atoms with Gasteiger partial charge in [-0.15, -0.1) is 0 Å². The predicted octanol–water partition coefficient (Wildman–Crippen LogP) is 4.07. The number of carboxylic acid groups (broad SMARTS) is 1. The normalized spacial score (nSPS) is 10.6. The number of carbonyl (C=O) groups is 1. The molecule has 0 saturated heterocycles. The molecule has 2 aromatic heterocycles. The van der Waals surface area contributed by atoms with Crippen molar-refractivity contribution < 1.29 is 19.4 Å². The molecule has 0 unspecified atom stereocenters. The van der Waals surface area contributed by atoms with Crippen LogP contribution in [0, 0.1) is 0 Å². The van der Waals surface area contributed by atoms with Gasteiger partial charge in [-0.25, -0.2) is 4.79 Å². The summed E-state index contributed by atoms with van der Waals surface area (Å²) in [5.74, 6) is -1.52. The summed E-state index contributed by atoms with van der Waals surface area (Å²) in [7, 11) is 0. The third kappa shape index (κ3) is 2.42. The molecule has 2 N–H and O–H groups in total. The predicted molar refractivity (Wildman–Crippen MR) is 81.0 cm³/mol. The highest BCUT2D eigenvalue weighted by Crippen LogP contribution is 2.39. The third-order valence-corrected chi connectivity index (χ3v) is 3.53. The van der Waals surface area contributed by atoms with Crippen LogP contribution in [-0.4, -0.2) is 21.2 Å². The number of hydrogen-bond acceptors (Lipinski definition) is 4. The Labute approximate surface area is 130 Å². The first-order valence-electron chi connectivity index (χ1n) is 6.32. The van der Waals surface area contributed by atoms with Crippen molar-refractivity contribution in [3.8, 4) is 28.0 Å². The van der Waals surface area contributed by atoms with Crippen LogP contribution in [0.2, 0.25) is 5.02 Å². The molecule has 3 rings (SSSR count). The highest BCUT2D eigenvalue weighted by Gasteiger charge is 2.22. The maximum atomic E-state index is 11.4. The number of pyridine rings is 1. The molecular weight excluding hydrogens is 306 g/mol. The molecule has 0 saturated carbocycles. The molecule has 0 amide bonds. The third-order valence-electron chi connectivity index (χ3n) is 3.21. The number of aromatic carboxylic acids is 1. The topological polar surface area (TPSA) is 83.6 Å². The van der Waals surface area contributed by atoms with Gasteiger partial charge in [-0.05, 0) is 35.4 Å². The van der Waals surface area contributed by atoms with E-state index in [1.165, 1.54) is 18.4 Å². The zero-order valence-electron chi connectivity index (χ0n) is 11.2. The van der Waals surface area contributed by atoms with Crippen LogP contribution in [0.4, 0.5) is 0 Å². The fourth-order valence-corrected chi connectivity index (χ4v) is 2.33. The molecule has 110 valence electrons. The number of aromatic hydroxyl groups is 1. The molecule has 0 fully saturated rings. The number of phenols is 1. The van der Waals surface area contributed by atoms with Gasteiger partial charge in [-0.3, -0.25) is 4.98 Å². The summed E-state index contributed by atoms with van der Waals surface area (Å²) in [6, 6.07) is 8.03. The van der Waals surface area contributed by atoms with Crippen molar-refractivity contribution in [3.05, 3.63) is 59.8 Å². The Balaban J connectivity index is 2.26. The number of hydrogen-bond donors (Lipinski definition) is 2. The van der Waals surface area contributed by atoms with E-state index in [1.54, 1.807) is 30.6 Å². The van der Waals surface area contributed by atoms with Crippen molar-refractivity contribution >= 4 is 17.6 Å². The van der Waals surface area contributed by atoms with E-state index in [2.05, 4.69) is 4.98 Å². The summed E-state index contributed by atoms with van der Waals surface area (Å²) in [6.45, 7) is 0. The quantitative estimate of drug-likeness (QED) is 0.761. The van der Waals surface area contributed by atoms with Crippen molar-refractivity contribution in [3.63, 3.8) is 0 Å². The van der Waals surface area contributed by atoms with Gasteiger partial charge in [0.25, 0.3) is 0 Å². The molecule has 3 aromatic rings. The molecule has 0 bridgehead atoms. The van der Waals surface area contributed by atoms with Gasteiger partial charge in [-0.1, -0.05) is 17.7 Å². The van der Waals surface area contributed by atoms with Gasteiger partial charge < -0.3 is 14.6 Å². The minimum absolute atomic E-state index is 0.127. The van der Waals surface area contributed by atoms with E-state index in [0.29, 0.717) is 16.7 Å². The summed E-state index contributed by atoms with van der Waals surface area (Å²) in [6.07, 6.45) is 4.58. The molecule has 5 nitrogen and oxygen atoms in total. The Kier molecular flexibility index (Phi) is 3.56. The number of carboxylic acids is 1. The minimum atomic E-state index is -1.19. The molecule has 0 radical (unpaired) electrons. The van der Waals surface area contributed by atoms with Crippen LogP contribution in [0.3, 0.4) is 0 Å². The summed E-state index contributed by atoms with van der Waals surface area (Å²) in [4.78, 5) is 15.3. The molecule has 0 spiro atoms. The Hall–Kier alpha value is -2.79. The van der Waals surface area contributed by atoms with Crippen LogP contribution in [0.25, 0.3) is 22.3 Å². The number of phenolic OH excluding ortho intramolecular Hbond substituents is 1. The molecule has 0 aliphatic heterocycles. The zero-order chi connectivity index (χ0) is 15.7. The second-order valence-electron chi connectivity index (χ2n) is 4.56. The highest BCUT2D eigenvalue weighted by atomic mass is 35.5. The van der Waals surface area contributed by atoms with Crippen molar-refractivity contribution in [2.75, 3.05) is 0 Å². The second-order valence-corrected chi connectivity index (χ2v) is 4.97. The van der Waals surface area contributed by atoms with Crippen molar-refractivity contribution in [2.24, 2.45) is 0 Å². The molecule has 0 aliphatic carbocycles. The fourth-order valence-electron chi connectivity index (χ4n) is 2.21. The van der Waals surface area contributed by atoms with Gasteiger partial charge in [0.1, 0.15) is 12.0 Å². The summed E-state index contributed by atoms with van der Waals surface area (Å²) < 4.78 is 5.20. The van der Waals surface area contributed by atoms with Gasteiger partial charge in [0.2, 0.25) is 5.76 Å². The lowest BCUT2D eigenvalue weighted by molar-refractivity contribution is 0.0663. The van der Waals surface area contributed by atoms with Gasteiger partial charge >= 0.3 is 5.97 Å². The second kappa shape index (κ2) is 5.54. The first kappa shape index (κ1) is 14.2. The van der Waals surface area contributed by atoms with E-state index in [9.17, 15) is 15.0 Å².